The Labute approximate surface area is 312 Å². The van der Waals surface area contributed by atoms with E-state index in [2.05, 4.69) is 40.6 Å². The highest BCUT2D eigenvalue weighted by atomic mass is 35.5. The van der Waals surface area contributed by atoms with Gasteiger partial charge in [-0.15, -0.1) is 0 Å². The minimum atomic E-state index is -1.12. The second-order valence-corrected chi connectivity index (χ2v) is 17.0. The van der Waals surface area contributed by atoms with E-state index in [9.17, 15) is 18.6 Å². The summed E-state index contributed by atoms with van der Waals surface area (Å²) in [6, 6.07) is 3.42. The molecule has 0 aliphatic carbocycles. The zero-order valence-electron chi connectivity index (χ0n) is 29.7. The first-order chi connectivity index (χ1) is 25.1. The van der Waals surface area contributed by atoms with Crippen LogP contribution in [-0.2, 0) is 34.4 Å². The quantitative estimate of drug-likeness (QED) is 0.161. The number of nitrogens with zero attached hydrogens (tertiary/aromatic N) is 8. The van der Waals surface area contributed by atoms with Crippen LogP contribution in [0.25, 0.3) is 11.4 Å². The maximum absolute atomic E-state index is 12.6. The summed E-state index contributed by atoms with van der Waals surface area (Å²) in [6.07, 6.45) is 6.45. The smallest absolute Gasteiger partial charge is 0.230 e. The fourth-order valence-electron chi connectivity index (χ4n) is 6.23. The summed E-state index contributed by atoms with van der Waals surface area (Å²) in [4.78, 5) is 29.9. The third kappa shape index (κ3) is 8.59. The Kier molecular flexibility index (Phi) is 12.5. The second-order valence-electron chi connectivity index (χ2n) is 13.7. The number of pyridine rings is 1. The molecule has 2 unspecified atom stereocenters. The number of anilines is 3. The molecular formula is C34H45ClN10O5S2. The molecule has 4 atom stereocenters. The van der Waals surface area contributed by atoms with Gasteiger partial charge < -0.3 is 30.3 Å². The van der Waals surface area contributed by atoms with Crippen molar-refractivity contribution in [2.24, 2.45) is 11.8 Å². The average Bonchev–Trinajstić information content (AvgIpc) is 3.89. The van der Waals surface area contributed by atoms with Crippen molar-refractivity contribution in [3.05, 3.63) is 47.1 Å². The standard InChI is InChI=1S/C23H29N7O3S.C11H16ClN3O2S/c1-14(2)18(13-31)25-21-19-17(7-12-34(19)32)26-23(28-21)30-10-5-16(6-11-30)22-27-20(29-33-22)15-3-8-24-9-4-15;1-6(2)8(5-16)13-10-9-7(3-4-18(9)17)14-11(12)15-10/h3-4,8-9,14,16,18,31H,5-7,10-13H2,1-2H3,(H,25,26,28);6,8,16H,3-5H2,1-2H3,(H,13,14,15)/t18-,34?;8-,18?/m00/s1. The number of piperidine rings is 1. The Morgan fingerprint density at radius 3 is 1.96 bits per heavy atom. The highest BCUT2D eigenvalue weighted by Gasteiger charge is 2.32. The third-order valence-electron chi connectivity index (χ3n) is 9.49. The van der Waals surface area contributed by atoms with Gasteiger partial charge in [0.1, 0.15) is 21.4 Å². The van der Waals surface area contributed by atoms with Crippen LogP contribution in [0.3, 0.4) is 0 Å². The van der Waals surface area contributed by atoms with Crippen LogP contribution in [0.5, 0.6) is 0 Å². The monoisotopic (exact) mass is 772 g/mol. The highest BCUT2D eigenvalue weighted by molar-refractivity contribution is 7.85. The van der Waals surface area contributed by atoms with Crippen molar-refractivity contribution in [1.82, 2.24) is 35.1 Å². The molecule has 1 fully saturated rings. The minimum Gasteiger partial charge on any atom is -0.394 e. The van der Waals surface area contributed by atoms with Crippen LogP contribution >= 0.6 is 11.6 Å². The highest BCUT2D eigenvalue weighted by Crippen LogP contribution is 2.34. The number of aliphatic hydroxyl groups is 2. The third-order valence-corrected chi connectivity index (χ3v) is 12.6. The van der Waals surface area contributed by atoms with E-state index in [1.54, 1.807) is 12.4 Å². The van der Waals surface area contributed by atoms with E-state index in [0.717, 1.165) is 42.9 Å². The first-order valence-electron chi connectivity index (χ1n) is 17.5. The van der Waals surface area contributed by atoms with E-state index in [0.29, 0.717) is 63.4 Å². The van der Waals surface area contributed by atoms with Crippen LogP contribution < -0.4 is 15.5 Å². The van der Waals surface area contributed by atoms with Gasteiger partial charge in [0.25, 0.3) is 0 Å². The van der Waals surface area contributed by atoms with Crippen LogP contribution in [0.4, 0.5) is 17.6 Å². The fourth-order valence-corrected chi connectivity index (χ4v) is 9.04. The lowest BCUT2D eigenvalue weighted by molar-refractivity contribution is 0.248. The number of rotatable bonds is 11. The van der Waals surface area contributed by atoms with Gasteiger partial charge in [0, 0.05) is 61.3 Å². The molecule has 0 aromatic carbocycles. The van der Waals surface area contributed by atoms with Gasteiger partial charge in [0.2, 0.25) is 22.9 Å². The van der Waals surface area contributed by atoms with Crippen molar-refractivity contribution in [3.63, 3.8) is 0 Å². The second kappa shape index (κ2) is 17.0. The van der Waals surface area contributed by atoms with Crippen LogP contribution in [0.1, 0.15) is 63.7 Å². The molecule has 0 saturated carbocycles. The number of hydrogen-bond donors (Lipinski definition) is 4. The Morgan fingerprint density at radius 2 is 1.40 bits per heavy atom. The number of hydrogen-bond acceptors (Lipinski definition) is 15. The van der Waals surface area contributed by atoms with Crippen LogP contribution in [0.2, 0.25) is 5.28 Å². The topological polar surface area (TPSA) is 205 Å². The molecule has 4 N–H and O–H groups in total. The first kappa shape index (κ1) is 38.1. The Morgan fingerprint density at radius 1 is 0.846 bits per heavy atom. The van der Waals surface area contributed by atoms with Gasteiger partial charge in [-0.25, -0.2) is 9.97 Å². The van der Waals surface area contributed by atoms with Gasteiger partial charge in [0.05, 0.1) is 58.3 Å². The van der Waals surface area contributed by atoms with Gasteiger partial charge in [-0.1, -0.05) is 32.9 Å². The van der Waals surface area contributed by atoms with Crippen molar-refractivity contribution >= 4 is 50.8 Å². The van der Waals surface area contributed by atoms with Crippen molar-refractivity contribution < 1.29 is 23.2 Å². The van der Waals surface area contributed by atoms with E-state index in [4.69, 9.17) is 26.1 Å². The average molecular weight is 773 g/mol. The molecule has 7 heterocycles. The largest absolute Gasteiger partial charge is 0.394 e. The zero-order chi connectivity index (χ0) is 36.9. The maximum atomic E-state index is 12.6. The first-order valence-corrected chi connectivity index (χ1v) is 20.6. The lowest BCUT2D eigenvalue weighted by atomic mass is 9.97. The van der Waals surface area contributed by atoms with E-state index in [1.165, 1.54) is 0 Å². The Balaban J connectivity index is 0.000000217. The molecule has 280 valence electrons. The van der Waals surface area contributed by atoms with Gasteiger partial charge >= 0.3 is 0 Å². The number of aromatic nitrogens is 7. The van der Waals surface area contributed by atoms with E-state index in [1.807, 2.05) is 39.8 Å². The molecule has 15 nitrogen and oxygen atoms in total. The minimum absolute atomic E-state index is 0.0132. The van der Waals surface area contributed by atoms with Gasteiger partial charge in [-0.2, -0.15) is 15.0 Å². The van der Waals surface area contributed by atoms with E-state index >= 15 is 0 Å². The molecule has 18 heteroatoms. The SMILES string of the molecule is CC(C)[C@H](CO)Nc1nc(Cl)nc2c1S(=O)CC2.CC(C)[C@H](CO)Nc1nc(N2CCC(c3nc(-c4ccncc4)no3)CC2)nc2c1S(=O)CC2. The lowest BCUT2D eigenvalue weighted by Crippen LogP contribution is -2.35. The lowest BCUT2D eigenvalue weighted by Gasteiger charge is -2.31. The number of aryl methyl sites for hydroxylation is 2. The summed E-state index contributed by atoms with van der Waals surface area (Å²) in [5.74, 6) is 4.69. The van der Waals surface area contributed by atoms with Gasteiger partial charge in [-0.05, 0) is 48.4 Å². The zero-order valence-corrected chi connectivity index (χ0v) is 32.0. The number of nitrogens with one attached hydrogen (secondary N) is 2. The van der Waals surface area contributed by atoms with Crippen LogP contribution in [-0.4, -0.2) is 104 Å². The van der Waals surface area contributed by atoms with Gasteiger partial charge in [0.15, 0.2) is 0 Å². The van der Waals surface area contributed by atoms with Crippen molar-refractivity contribution in [2.75, 3.05) is 53.3 Å². The molecular weight excluding hydrogens is 728 g/mol. The summed E-state index contributed by atoms with van der Waals surface area (Å²) < 4.78 is 30.1. The van der Waals surface area contributed by atoms with Crippen molar-refractivity contribution in [2.45, 2.75) is 81.2 Å². The molecule has 1 saturated heterocycles. The summed E-state index contributed by atoms with van der Waals surface area (Å²) >= 11 is 5.86. The van der Waals surface area contributed by atoms with E-state index < -0.39 is 21.6 Å². The molecule has 3 aliphatic rings. The fraction of sp³-hybridized carbons (Fsp3) is 0.559. The molecule has 3 aliphatic heterocycles. The molecule has 0 bridgehead atoms. The molecule has 0 radical (unpaired) electrons. The van der Waals surface area contributed by atoms with Crippen LogP contribution in [0.15, 0.2) is 38.8 Å². The molecule has 52 heavy (non-hydrogen) atoms. The predicted molar refractivity (Wildman–Crippen MR) is 199 cm³/mol. The molecule has 7 rings (SSSR count). The Bertz CT molecular complexity index is 1890. The number of halogens is 1. The van der Waals surface area contributed by atoms with E-state index in [-0.39, 0.29) is 48.3 Å². The number of fused-ring (bicyclic) bond motifs is 2. The number of aliphatic hydroxyl groups excluding tert-OH is 2. The molecule has 4 aromatic rings. The summed E-state index contributed by atoms with van der Waals surface area (Å²) in [7, 11) is -2.19. The van der Waals surface area contributed by atoms with Crippen molar-refractivity contribution in [1.29, 1.82) is 0 Å². The Hall–Kier alpha value is -3.64. The summed E-state index contributed by atoms with van der Waals surface area (Å²) in [6.45, 7) is 9.54. The predicted octanol–water partition coefficient (Wildman–Crippen LogP) is 3.62. The molecule has 4 aromatic heterocycles. The van der Waals surface area contributed by atoms with Gasteiger partial charge in [-0.3, -0.25) is 13.4 Å². The van der Waals surface area contributed by atoms with Crippen LogP contribution in [0, 0.1) is 11.8 Å². The van der Waals surface area contributed by atoms with Crippen molar-refractivity contribution in [3.8, 4) is 11.4 Å². The summed E-state index contributed by atoms with van der Waals surface area (Å²) in [5.41, 5.74) is 2.47. The maximum Gasteiger partial charge on any atom is 0.230 e. The molecule has 0 amide bonds. The summed E-state index contributed by atoms with van der Waals surface area (Å²) in [5, 5.41) is 29.9. The normalized spacial score (nSPS) is 19.6. The molecule has 0 spiro atoms.